The largest absolute Gasteiger partial charge is 0.493 e. The predicted octanol–water partition coefficient (Wildman–Crippen LogP) is 4.77. The van der Waals surface area contributed by atoms with Crippen molar-refractivity contribution in [1.82, 2.24) is 14.9 Å². The van der Waals surface area contributed by atoms with E-state index < -0.39 is 0 Å². The third-order valence-electron chi connectivity index (χ3n) is 5.27. The molecule has 0 aliphatic rings. The summed E-state index contributed by atoms with van der Waals surface area (Å²) in [6.45, 7) is 0.414. The van der Waals surface area contributed by atoms with Gasteiger partial charge in [-0.3, -0.25) is 4.79 Å². The van der Waals surface area contributed by atoms with Gasteiger partial charge in [0.05, 0.1) is 26.2 Å². The molecule has 1 aromatic heterocycles. The number of halogens is 1. The van der Waals surface area contributed by atoms with E-state index in [1.54, 1.807) is 24.4 Å². The lowest BCUT2D eigenvalue weighted by Crippen LogP contribution is -2.14. The Balaban J connectivity index is 1.35. The number of thioether (sulfide) groups is 1. The lowest BCUT2D eigenvalue weighted by Gasteiger charge is -2.09. The van der Waals surface area contributed by atoms with Crippen molar-refractivity contribution in [3.63, 3.8) is 0 Å². The number of anilines is 1. The number of carbonyl (C=O) groups excluding carboxylic acids is 1. The number of para-hydroxylation sites is 1. The third-order valence-corrected chi connectivity index (χ3v) is 6.71. The van der Waals surface area contributed by atoms with E-state index in [0.717, 1.165) is 27.4 Å². The van der Waals surface area contributed by atoms with Crippen molar-refractivity contribution < 1.29 is 19.0 Å². The molecule has 0 amide bonds. The zero-order valence-electron chi connectivity index (χ0n) is 20.6. The average Bonchev–Trinajstić information content (AvgIpc) is 3.29. The van der Waals surface area contributed by atoms with E-state index in [9.17, 15) is 4.79 Å². The van der Waals surface area contributed by atoms with Crippen molar-refractivity contribution in [1.29, 1.82) is 0 Å². The summed E-state index contributed by atoms with van der Waals surface area (Å²) in [6.07, 6.45) is 1.61. The maximum absolute atomic E-state index is 12.7. The number of hydrogen-bond acceptors (Lipinski definition) is 10. The Morgan fingerprint density at radius 1 is 1.05 bits per heavy atom. The van der Waals surface area contributed by atoms with Gasteiger partial charge in [-0.05, 0) is 48.0 Å². The molecule has 0 aliphatic carbocycles. The van der Waals surface area contributed by atoms with Crippen LogP contribution < -0.4 is 25.5 Å². The second-order valence-electron chi connectivity index (χ2n) is 7.78. The van der Waals surface area contributed by atoms with Crippen LogP contribution in [-0.2, 0) is 6.61 Å². The second-order valence-corrected chi connectivity index (χ2v) is 9.64. The smallest absolute Gasteiger partial charge is 0.264 e. The zero-order chi connectivity index (χ0) is 26.9. The molecule has 0 bridgehead atoms. The van der Waals surface area contributed by atoms with Crippen molar-refractivity contribution in [2.24, 2.45) is 5.10 Å². The molecule has 4 aromatic rings. The molecule has 3 aromatic carbocycles. The van der Waals surface area contributed by atoms with E-state index in [0.29, 0.717) is 34.6 Å². The molecule has 0 radical (unpaired) electrons. The van der Waals surface area contributed by atoms with E-state index >= 15 is 0 Å². The first kappa shape index (κ1) is 27.0. The Kier molecular flexibility index (Phi) is 9.22. The van der Waals surface area contributed by atoms with Crippen LogP contribution in [0.5, 0.6) is 17.2 Å². The minimum atomic E-state index is -0.119. The SMILES string of the molecule is COc1ccc(C(=O)CSc2nnc(N/N=C/c3ccccc3OCc3cccc(Br)c3)n2N)cc1OC. The zero-order valence-corrected chi connectivity index (χ0v) is 23.0. The molecular formula is C26H25BrN6O4S. The van der Waals surface area contributed by atoms with Crippen LogP contribution in [0.1, 0.15) is 21.5 Å². The predicted molar refractivity (Wildman–Crippen MR) is 151 cm³/mol. The first-order valence-electron chi connectivity index (χ1n) is 11.3. The number of Topliss-reactive ketones (excluding diaryl/α,β-unsaturated/α-hetero) is 1. The number of benzene rings is 3. The van der Waals surface area contributed by atoms with Crippen molar-refractivity contribution in [2.75, 3.05) is 31.2 Å². The first-order valence-corrected chi connectivity index (χ1v) is 13.1. The van der Waals surface area contributed by atoms with Gasteiger partial charge in [0.1, 0.15) is 12.4 Å². The normalized spacial score (nSPS) is 10.9. The highest BCUT2D eigenvalue weighted by Crippen LogP contribution is 2.28. The van der Waals surface area contributed by atoms with Crippen LogP contribution >= 0.6 is 27.7 Å². The van der Waals surface area contributed by atoms with Crippen molar-refractivity contribution >= 4 is 45.6 Å². The van der Waals surface area contributed by atoms with Crippen LogP contribution in [0.15, 0.2) is 81.5 Å². The summed E-state index contributed by atoms with van der Waals surface area (Å²) in [5, 5.41) is 12.6. The van der Waals surface area contributed by atoms with Gasteiger partial charge in [-0.15, -0.1) is 10.2 Å². The van der Waals surface area contributed by atoms with Gasteiger partial charge in [0, 0.05) is 15.6 Å². The number of ether oxygens (including phenoxy) is 3. The van der Waals surface area contributed by atoms with Gasteiger partial charge in [0.25, 0.3) is 5.95 Å². The highest BCUT2D eigenvalue weighted by molar-refractivity contribution is 9.10. The van der Waals surface area contributed by atoms with Crippen LogP contribution in [0.25, 0.3) is 0 Å². The lowest BCUT2D eigenvalue weighted by molar-refractivity contribution is 0.102. The Morgan fingerprint density at radius 2 is 1.87 bits per heavy atom. The van der Waals surface area contributed by atoms with Gasteiger partial charge in [-0.1, -0.05) is 52.0 Å². The fraction of sp³-hybridized carbons (Fsp3) is 0.154. The number of nitrogens with one attached hydrogen (secondary N) is 1. The second kappa shape index (κ2) is 13.0. The summed E-state index contributed by atoms with van der Waals surface area (Å²) in [6, 6.07) is 20.5. The maximum atomic E-state index is 12.7. The number of hydrazone groups is 1. The van der Waals surface area contributed by atoms with E-state index in [1.165, 1.54) is 18.9 Å². The number of carbonyl (C=O) groups is 1. The quantitative estimate of drug-likeness (QED) is 0.0781. The molecule has 0 fully saturated rings. The van der Waals surface area contributed by atoms with Crippen LogP contribution in [0, 0.1) is 0 Å². The summed E-state index contributed by atoms with van der Waals surface area (Å²) in [4.78, 5) is 12.7. The fourth-order valence-electron chi connectivity index (χ4n) is 3.34. The number of aromatic nitrogens is 3. The van der Waals surface area contributed by atoms with Gasteiger partial charge in [0.15, 0.2) is 17.3 Å². The number of nitrogens with zero attached hydrogens (tertiary/aromatic N) is 4. The monoisotopic (exact) mass is 596 g/mol. The number of nitrogen functional groups attached to an aromatic ring is 1. The molecule has 0 aliphatic heterocycles. The van der Waals surface area contributed by atoms with Crippen LogP contribution in [-0.4, -0.2) is 46.8 Å². The highest BCUT2D eigenvalue weighted by atomic mass is 79.9. The lowest BCUT2D eigenvalue weighted by atomic mass is 10.1. The Labute approximate surface area is 232 Å². The number of hydrogen-bond donors (Lipinski definition) is 2. The molecule has 38 heavy (non-hydrogen) atoms. The Hall–Kier alpha value is -4.03. The molecule has 4 rings (SSSR count). The van der Waals surface area contributed by atoms with Gasteiger partial charge in [-0.2, -0.15) is 5.10 Å². The summed E-state index contributed by atoms with van der Waals surface area (Å²) in [7, 11) is 3.06. The van der Waals surface area contributed by atoms with Gasteiger partial charge >= 0.3 is 0 Å². The highest BCUT2D eigenvalue weighted by Gasteiger charge is 2.15. The first-order chi connectivity index (χ1) is 18.5. The molecule has 3 N–H and O–H groups in total. The topological polar surface area (TPSA) is 126 Å². The molecule has 0 atom stereocenters. The molecule has 10 nitrogen and oxygen atoms in total. The van der Waals surface area contributed by atoms with Crippen LogP contribution in [0.4, 0.5) is 5.95 Å². The molecule has 12 heteroatoms. The summed E-state index contributed by atoms with van der Waals surface area (Å²) >= 11 is 4.63. The maximum Gasteiger partial charge on any atom is 0.264 e. The van der Waals surface area contributed by atoms with E-state index in [2.05, 4.69) is 36.7 Å². The van der Waals surface area contributed by atoms with Gasteiger partial charge in [-0.25, -0.2) is 10.1 Å². The van der Waals surface area contributed by atoms with Crippen LogP contribution in [0.3, 0.4) is 0 Å². The van der Waals surface area contributed by atoms with Crippen LogP contribution in [0.2, 0.25) is 0 Å². The number of nitrogens with two attached hydrogens (primary N) is 1. The van der Waals surface area contributed by atoms with Crippen molar-refractivity contribution in [2.45, 2.75) is 11.8 Å². The van der Waals surface area contributed by atoms with E-state index in [1.807, 2.05) is 48.5 Å². The van der Waals surface area contributed by atoms with Gasteiger partial charge in [0.2, 0.25) is 5.16 Å². The molecule has 0 unspecified atom stereocenters. The molecule has 0 saturated heterocycles. The Morgan fingerprint density at radius 3 is 2.66 bits per heavy atom. The average molecular weight is 597 g/mol. The minimum absolute atomic E-state index is 0.108. The summed E-state index contributed by atoms with van der Waals surface area (Å²) < 4.78 is 18.7. The standard InChI is InChI=1S/C26H25BrN6O4S/c1-35-23-11-10-18(13-24(23)36-2)21(34)16-38-26-32-31-25(33(26)28)30-29-14-19-7-3-4-9-22(19)37-15-17-6-5-8-20(27)12-17/h3-14H,15-16,28H2,1-2H3,(H,30,31)/b29-14+. The number of rotatable bonds is 12. The van der Waals surface area contributed by atoms with Gasteiger partial charge < -0.3 is 20.1 Å². The minimum Gasteiger partial charge on any atom is -0.493 e. The third kappa shape index (κ3) is 6.84. The molecular weight excluding hydrogens is 572 g/mol. The van der Waals surface area contributed by atoms with E-state index in [-0.39, 0.29) is 17.5 Å². The number of methoxy groups -OCH3 is 2. The molecule has 196 valence electrons. The molecule has 0 spiro atoms. The summed E-state index contributed by atoms with van der Waals surface area (Å²) in [5.41, 5.74) is 5.08. The molecule has 0 saturated carbocycles. The fourth-order valence-corrected chi connectivity index (χ4v) is 4.54. The van der Waals surface area contributed by atoms with E-state index in [4.69, 9.17) is 20.1 Å². The van der Waals surface area contributed by atoms with Crippen molar-refractivity contribution in [3.05, 3.63) is 87.9 Å². The van der Waals surface area contributed by atoms with Crippen molar-refractivity contribution in [3.8, 4) is 17.2 Å². The Bertz CT molecular complexity index is 1450. The molecule has 1 heterocycles. The number of ketones is 1. The summed E-state index contributed by atoms with van der Waals surface area (Å²) in [5.74, 6) is 8.02.